The van der Waals surface area contributed by atoms with Crippen molar-refractivity contribution in [3.05, 3.63) is 33.9 Å². The molecule has 5 nitrogen and oxygen atoms in total. The zero-order valence-electron chi connectivity index (χ0n) is 11.5. The van der Waals surface area contributed by atoms with Crippen LogP contribution in [0.2, 0.25) is 0 Å². The fourth-order valence-corrected chi connectivity index (χ4v) is 2.76. The number of nitro groups is 1. The van der Waals surface area contributed by atoms with Crippen LogP contribution >= 0.6 is 11.6 Å². The van der Waals surface area contributed by atoms with E-state index in [9.17, 15) is 10.1 Å². The standard InChI is InChI=1S/C14H19ClN2O3/c1-2-20-12-4-3-7-16(10-12)13-6-5-11(9-15)8-14(13)17(18)19/h5-6,8,12H,2-4,7,9-10H2,1H3. The zero-order chi connectivity index (χ0) is 14.5. The van der Waals surface area contributed by atoms with Crippen LogP contribution in [0.25, 0.3) is 0 Å². The van der Waals surface area contributed by atoms with Gasteiger partial charge in [-0.15, -0.1) is 11.6 Å². The third kappa shape index (κ3) is 3.41. The Morgan fingerprint density at radius 1 is 1.55 bits per heavy atom. The SMILES string of the molecule is CCOC1CCCN(c2ccc(CCl)cc2[N+](=O)[O-])C1. The second-order valence-corrected chi connectivity index (χ2v) is 5.15. The Morgan fingerprint density at radius 3 is 3.00 bits per heavy atom. The summed E-state index contributed by atoms with van der Waals surface area (Å²) in [6.07, 6.45) is 2.15. The van der Waals surface area contributed by atoms with Crippen molar-refractivity contribution in [3.63, 3.8) is 0 Å². The molecule has 110 valence electrons. The molecular weight excluding hydrogens is 280 g/mol. The molecule has 6 heteroatoms. The molecule has 1 aromatic rings. The molecule has 0 N–H and O–H groups in total. The molecule has 1 unspecified atom stereocenters. The van der Waals surface area contributed by atoms with E-state index in [4.69, 9.17) is 16.3 Å². The summed E-state index contributed by atoms with van der Waals surface area (Å²) in [6, 6.07) is 5.20. The molecule has 0 radical (unpaired) electrons. The molecule has 1 saturated heterocycles. The Bertz CT molecular complexity index is 479. The molecule has 1 aromatic carbocycles. The van der Waals surface area contributed by atoms with Gasteiger partial charge in [0, 0.05) is 31.6 Å². The maximum absolute atomic E-state index is 11.2. The first-order valence-corrected chi connectivity index (χ1v) is 7.39. The van der Waals surface area contributed by atoms with E-state index in [-0.39, 0.29) is 22.6 Å². The quantitative estimate of drug-likeness (QED) is 0.475. The van der Waals surface area contributed by atoms with Crippen molar-refractivity contribution in [2.45, 2.75) is 31.7 Å². The van der Waals surface area contributed by atoms with Crippen LogP contribution in [-0.2, 0) is 10.6 Å². The Kier molecular flexibility index (Phi) is 5.20. The van der Waals surface area contributed by atoms with Crippen molar-refractivity contribution in [2.75, 3.05) is 24.6 Å². The summed E-state index contributed by atoms with van der Waals surface area (Å²) in [5.74, 6) is 0.280. The van der Waals surface area contributed by atoms with Gasteiger partial charge in [-0.2, -0.15) is 0 Å². The van der Waals surface area contributed by atoms with Crippen molar-refractivity contribution in [3.8, 4) is 0 Å². The first-order valence-electron chi connectivity index (χ1n) is 6.85. The molecule has 0 bridgehead atoms. The van der Waals surface area contributed by atoms with E-state index >= 15 is 0 Å². The van der Waals surface area contributed by atoms with Gasteiger partial charge >= 0.3 is 0 Å². The van der Waals surface area contributed by atoms with Gasteiger partial charge in [0.1, 0.15) is 5.69 Å². The minimum atomic E-state index is -0.338. The minimum absolute atomic E-state index is 0.125. The average Bonchev–Trinajstić information content (AvgIpc) is 2.47. The number of ether oxygens (including phenoxy) is 1. The highest BCUT2D eigenvalue weighted by Gasteiger charge is 2.25. The van der Waals surface area contributed by atoms with E-state index < -0.39 is 0 Å². The van der Waals surface area contributed by atoms with Crippen LogP contribution in [0.5, 0.6) is 0 Å². The number of hydrogen-bond donors (Lipinski definition) is 0. The molecule has 1 aliphatic heterocycles. The monoisotopic (exact) mass is 298 g/mol. The number of rotatable bonds is 5. The summed E-state index contributed by atoms with van der Waals surface area (Å²) in [6.45, 7) is 4.17. The van der Waals surface area contributed by atoms with Gasteiger partial charge in [0.2, 0.25) is 0 Å². The Morgan fingerprint density at radius 2 is 2.35 bits per heavy atom. The van der Waals surface area contributed by atoms with Gasteiger partial charge in [-0.1, -0.05) is 6.07 Å². The molecule has 1 aliphatic rings. The van der Waals surface area contributed by atoms with E-state index in [1.165, 1.54) is 0 Å². The van der Waals surface area contributed by atoms with E-state index in [1.54, 1.807) is 12.1 Å². The second-order valence-electron chi connectivity index (χ2n) is 4.88. The third-order valence-electron chi connectivity index (χ3n) is 3.51. The molecule has 1 fully saturated rings. The van der Waals surface area contributed by atoms with Crippen LogP contribution in [0.1, 0.15) is 25.3 Å². The molecule has 0 aliphatic carbocycles. The number of alkyl halides is 1. The molecular formula is C14H19ClN2O3. The highest BCUT2D eigenvalue weighted by Crippen LogP contribution is 2.32. The molecule has 20 heavy (non-hydrogen) atoms. The maximum Gasteiger partial charge on any atom is 0.292 e. The van der Waals surface area contributed by atoms with Gasteiger partial charge in [0.25, 0.3) is 5.69 Å². The third-order valence-corrected chi connectivity index (χ3v) is 3.82. The van der Waals surface area contributed by atoms with Gasteiger partial charge in [-0.3, -0.25) is 10.1 Å². The number of nitrogens with zero attached hydrogens (tertiary/aromatic N) is 2. The lowest BCUT2D eigenvalue weighted by Crippen LogP contribution is -2.40. The summed E-state index contributed by atoms with van der Waals surface area (Å²) >= 11 is 5.75. The fraction of sp³-hybridized carbons (Fsp3) is 0.571. The normalized spacial score (nSPS) is 19.1. The Hall–Kier alpha value is -1.33. The summed E-state index contributed by atoms with van der Waals surface area (Å²) in [7, 11) is 0. The lowest BCUT2D eigenvalue weighted by atomic mass is 10.1. The van der Waals surface area contributed by atoms with Gasteiger partial charge in [0.05, 0.1) is 11.0 Å². The average molecular weight is 299 g/mol. The molecule has 0 amide bonds. The van der Waals surface area contributed by atoms with Crippen LogP contribution in [0.3, 0.4) is 0 Å². The molecule has 0 spiro atoms. The Balaban J connectivity index is 2.24. The van der Waals surface area contributed by atoms with Crippen molar-refractivity contribution in [2.24, 2.45) is 0 Å². The van der Waals surface area contributed by atoms with E-state index in [1.807, 2.05) is 17.9 Å². The van der Waals surface area contributed by atoms with Crippen molar-refractivity contribution in [1.29, 1.82) is 0 Å². The number of anilines is 1. The smallest absolute Gasteiger partial charge is 0.292 e. The van der Waals surface area contributed by atoms with Gasteiger partial charge in [0.15, 0.2) is 0 Å². The first-order chi connectivity index (χ1) is 9.65. The molecule has 0 saturated carbocycles. The van der Waals surface area contributed by atoms with Crippen LogP contribution in [0.4, 0.5) is 11.4 Å². The van der Waals surface area contributed by atoms with Gasteiger partial charge in [-0.25, -0.2) is 0 Å². The number of piperidine rings is 1. The minimum Gasteiger partial charge on any atom is -0.377 e. The van der Waals surface area contributed by atoms with E-state index in [2.05, 4.69) is 0 Å². The summed E-state index contributed by atoms with van der Waals surface area (Å²) in [5, 5.41) is 11.2. The lowest BCUT2D eigenvalue weighted by Gasteiger charge is -2.33. The van der Waals surface area contributed by atoms with Crippen molar-refractivity contribution < 1.29 is 9.66 Å². The Labute approximate surface area is 123 Å². The molecule has 1 atom stereocenters. The maximum atomic E-state index is 11.2. The van der Waals surface area contributed by atoms with Crippen LogP contribution < -0.4 is 4.90 Å². The second kappa shape index (κ2) is 6.90. The predicted molar refractivity (Wildman–Crippen MR) is 79.5 cm³/mol. The number of nitro benzene ring substituents is 1. The highest BCUT2D eigenvalue weighted by molar-refractivity contribution is 6.17. The lowest BCUT2D eigenvalue weighted by molar-refractivity contribution is -0.384. The summed E-state index contributed by atoms with van der Waals surface area (Å²) < 4.78 is 5.65. The molecule has 1 heterocycles. The van der Waals surface area contributed by atoms with Crippen LogP contribution in [-0.4, -0.2) is 30.7 Å². The first kappa shape index (κ1) is 15.1. The van der Waals surface area contributed by atoms with Gasteiger partial charge in [-0.05, 0) is 31.4 Å². The number of benzene rings is 1. The summed E-state index contributed by atoms with van der Waals surface area (Å²) in [4.78, 5) is 12.9. The van der Waals surface area contributed by atoms with E-state index in [0.29, 0.717) is 18.8 Å². The topological polar surface area (TPSA) is 55.6 Å². The van der Waals surface area contributed by atoms with Crippen molar-refractivity contribution >= 4 is 23.0 Å². The number of hydrogen-bond acceptors (Lipinski definition) is 4. The van der Waals surface area contributed by atoms with Crippen LogP contribution in [0, 0.1) is 10.1 Å². The number of halogens is 1. The van der Waals surface area contributed by atoms with E-state index in [0.717, 1.165) is 24.9 Å². The zero-order valence-corrected chi connectivity index (χ0v) is 12.3. The summed E-state index contributed by atoms with van der Waals surface area (Å²) in [5.41, 5.74) is 1.55. The highest BCUT2D eigenvalue weighted by atomic mass is 35.5. The predicted octanol–water partition coefficient (Wildman–Crippen LogP) is 3.34. The van der Waals surface area contributed by atoms with Crippen molar-refractivity contribution in [1.82, 2.24) is 0 Å². The molecule has 2 rings (SSSR count). The van der Waals surface area contributed by atoms with Crippen LogP contribution in [0.15, 0.2) is 18.2 Å². The van der Waals surface area contributed by atoms with Gasteiger partial charge < -0.3 is 9.64 Å². The largest absolute Gasteiger partial charge is 0.377 e. The molecule has 0 aromatic heterocycles. The fourth-order valence-electron chi connectivity index (χ4n) is 2.59.